The molecule has 1 aliphatic heterocycles. The number of piperidine rings is 1. The molecule has 4 nitrogen and oxygen atoms in total. The Kier molecular flexibility index (Phi) is 4.93. The molecule has 0 aliphatic carbocycles. The molecule has 104 valence electrons. The van der Waals surface area contributed by atoms with E-state index in [1.54, 1.807) is 0 Å². The van der Waals surface area contributed by atoms with E-state index in [1.165, 1.54) is 12.7 Å². The highest BCUT2D eigenvalue weighted by atomic mass is 16.5. The van der Waals surface area contributed by atoms with Gasteiger partial charge in [-0.15, -0.1) is 0 Å². The molecule has 1 aliphatic rings. The van der Waals surface area contributed by atoms with Crippen LogP contribution in [0.3, 0.4) is 0 Å². The zero-order chi connectivity index (χ0) is 13.7. The normalized spacial score (nSPS) is 21.9. The fourth-order valence-corrected chi connectivity index (χ4v) is 2.70. The second kappa shape index (κ2) is 6.68. The SMILES string of the molecule is COC(=O)C(N)C1CCCN(Cc2ccccc2)C1. The number of nitrogens with zero attached hydrogens (tertiary/aromatic N) is 1. The van der Waals surface area contributed by atoms with Gasteiger partial charge in [-0.25, -0.2) is 0 Å². The average Bonchev–Trinajstić information content (AvgIpc) is 2.47. The van der Waals surface area contributed by atoms with Crippen molar-refractivity contribution in [3.63, 3.8) is 0 Å². The Bertz CT molecular complexity index is 408. The number of esters is 1. The lowest BCUT2D eigenvalue weighted by molar-refractivity contribution is -0.144. The molecular formula is C15H22N2O2. The number of ether oxygens (including phenoxy) is 1. The standard InChI is InChI=1S/C15H22N2O2/c1-19-15(18)14(16)13-8-5-9-17(11-13)10-12-6-3-2-4-7-12/h2-4,6-7,13-14H,5,8-11,16H2,1H3. The van der Waals surface area contributed by atoms with E-state index in [-0.39, 0.29) is 11.9 Å². The predicted molar refractivity (Wildman–Crippen MR) is 74.4 cm³/mol. The van der Waals surface area contributed by atoms with E-state index in [2.05, 4.69) is 29.2 Å². The van der Waals surface area contributed by atoms with Crippen molar-refractivity contribution in [3.05, 3.63) is 35.9 Å². The number of benzene rings is 1. The van der Waals surface area contributed by atoms with Gasteiger partial charge < -0.3 is 10.5 Å². The van der Waals surface area contributed by atoms with Gasteiger partial charge in [0.1, 0.15) is 6.04 Å². The first kappa shape index (κ1) is 14.0. The number of rotatable bonds is 4. The number of likely N-dealkylation sites (tertiary alicyclic amines) is 1. The molecule has 2 atom stereocenters. The topological polar surface area (TPSA) is 55.6 Å². The lowest BCUT2D eigenvalue weighted by Gasteiger charge is -2.34. The second-order valence-electron chi connectivity index (χ2n) is 5.17. The van der Waals surface area contributed by atoms with Gasteiger partial charge in [0.2, 0.25) is 0 Å². The maximum absolute atomic E-state index is 11.5. The quantitative estimate of drug-likeness (QED) is 0.833. The molecule has 2 N–H and O–H groups in total. The molecule has 0 radical (unpaired) electrons. The molecule has 19 heavy (non-hydrogen) atoms. The van der Waals surface area contributed by atoms with Crippen molar-refractivity contribution in [2.75, 3.05) is 20.2 Å². The van der Waals surface area contributed by atoms with E-state index in [9.17, 15) is 4.79 Å². The maximum atomic E-state index is 11.5. The van der Waals surface area contributed by atoms with Gasteiger partial charge in [0.15, 0.2) is 0 Å². The molecule has 4 heteroatoms. The summed E-state index contributed by atoms with van der Waals surface area (Å²) in [6.07, 6.45) is 2.09. The third-order valence-electron chi connectivity index (χ3n) is 3.77. The summed E-state index contributed by atoms with van der Waals surface area (Å²) in [6, 6.07) is 9.89. The van der Waals surface area contributed by atoms with Crippen LogP contribution in [-0.2, 0) is 16.1 Å². The number of carbonyl (C=O) groups is 1. The Labute approximate surface area is 114 Å². The molecule has 0 amide bonds. The fourth-order valence-electron chi connectivity index (χ4n) is 2.70. The smallest absolute Gasteiger partial charge is 0.322 e. The van der Waals surface area contributed by atoms with E-state index in [0.29, 0.717) is 0 Å². The molecule has 1 aromatic rings. The molecule has 0 saturated carbocycles. The first-order valence-corrected chi connectivity index (χ1v) is 6.80. The van der Waals surface area contributed by atoms with Crippen LogP contribution >= 0.6 is 0 Å². The van der Waals surface area contributed by atoms with E-state index in [0.717, 1.165) is 32.5 Å². The Morgan fingerprint density at radius 1 is 1.47 bits per heavy atom. The molecule has 0 aromatic heterocycles. The van der Waals surface area contributed by atoms with Crippen LogP contribution in [0.5, 0.6) is 0 Å². The molecule has 0 bridgehead atoms. The van der Waals surface area contributed by atoms with Crippen LogP contribution in [-0.4, -0.2) is 37.1 Å². The molecule has 1 aromatic carbocycles. The van der Waals surface area contributed by atoms with Crippen molar-refractivity contribution in [2.45, 2.75) is 25.4 Å². The minimum atomic E-state index is -0.497. The minimum absolute atomic E-state index is 0.199. The van der Waals surface area contributed by atoms with Crippen LogP contribution in [0.2, 0.25) is 0 Å². The zero-order valence-electron chi connectivity index (χ0n) is 11.4. The highest BCUT2D eigenvalue weighted by Crippen LogP contribution is 2.21. The predicted octanol–water partition coefficient (Wildman–Crippen LogP) is 1.40. The molecule has 1 saturated heterocycles. The first-order chi connectivity index (χ1) is 9.20. The van der Waals surface area contributed by atoms with E-state index in [1.807, 2.05) is 6.07 Å². The van der Waals surface area contributed by atoms with Crippen molar-refractivity contribution in [1.82, 2.24) is 4.90 Å². The summed E-state index contributed by atoms with van der Waals surface area (Å²) in [5.74, 6) is -0.100. The molecule has 1 fully saturated rings. The molecule has 1 heterocycles. The van der Waals surface area contributed by atoms with E-state index in [4.69, 9.17) is 10.5 Å². The Morgan fingerprint density at radius 2 is 2.21 bits per heavy atom. The Hall–Kier alpha value is -1.39. The monoisotopic (exact) mass is 262 g/mol. The van der Waals surface area contributed by atoms with Gasteiger partial charge in [-0.05, 0) is 30.9 Å². The lowest BCUT2D eigenvalue weighted by atomic mass is 9.91. The van der Waals surface area contributed by atoms with Crippen LogP contribution in [0.15, 0.2) is 30.3 Å². The number of hydrogen-bond donors (Lipinski definition) is 1. The average molecular weight is 262 g/mol. The van der Waals surface area contributed by atoms with Crippen LogP contribution < -0.4 is 5.73 Å². The molecule has 2 unspecified atom stereocenters. The van der Waals surface area contributed by atoms with Gasteiger partial charge in [-0.1, -0.05) is 30.3 Å². The molecular weight excluding hydrogens is 240 g/mol. The fraction of sp³-hybridized carbons (Fsp3) is 0.533. The van der Waals surface area contributed by atoms with E-state index >= 15 is 0 Å². The van der Waals surface area contributed by atoms with Gasteiger partial charge in [0.05, 0.1) is 7.11 Å². The van der Waals surface area contributed by atoms with Crippen molar-refractivity contribution >= 4 is 5.97 Å². The third-order valence-corrected chi connectivity index (χ3v) is 3.77. The van der Waals surface area contributed by atoms with Crippen LogP contribution in [0.1, 0.15) is 18.4 Å². The molecule has 2 rings (SSSR count). The Balaban J connectivity index is 1.92. The Morgan fingerprint density at radius 3 is 2.89 bits per heavy atom. The number of hydrogen-bond acceptors (Lipinski definition) is 4. The first-order valence-electron chi connectivity index (χ1n) is 6.80. The van der Waals surface area contributed by atoms with Crippen LogP contribution in [0.25, 0.3) is 0 Å². The summed E-state index contributed by atoms with van der Waals surface area (Å²) in [7, 11) is 1.40. The summed E-state index contributed by atoms with van der Waals surface area (Å²) < 4.78 is 4.74. The number of methoxy groups -OCH3 is 1. The summed E-state index contributed by atoms with van der Waals surface area (Å²) in [5.41, 5.74) is 7.26. The summed E-state index contributed by atoms with van der Waals surface area (Å²) >= 11 is 0. The van der Waals surface area contributed by atoms with Gasteiger partial charge in [0.25, 0.3) is 0 Å². The van der Waals surface area contributed by atoms with Crippen molar-refractivity contribution in [3.8, 4) is 0 Å². The number of nitrogens with two attached hydrogens (primary N) is 1. The number of carbonyl (C=O) groups excluding carboxylic acids is 1. The summed E-state index contributed by atoms with van der Waals surface area (Å²) in [4.78, 5) is 13.9. The minimum Gasteiger partial charge on any atom is -0.468 e. The second-order valence-corrected chi connectivity index (χ2v) is 5.17. The van der Waals surface area contributed by atoms with Crippen molar-refractivity contribution < 1.29 is 9.53 Å². The highest BCUT2D eigenvalue weighted by Gasteiger charge is 2.29. The van der Waals surface area contributed by atoms with E-state index < -0.39 is 6.04 Å². The van der Waals surface area contributed by atoms with Crippen molar-refractivity contribution in [2.24, 2.45) is 11.7 Å². The van der Waals surface area contributed by atoms with Crippen molar-refractivity contribution in [1.29, 1.82) is 0 Å². The van der Waals surface area contributed by atoms with Crippen LogP contribution in [0, 0.1) is 5.92 Å². The van der Waals surface area contributed by atoms with Gasteiger partial charge in [-0.3, -0.25) is 9.69 Å². The van der Waals surface area contributed by atoms with Gasteiger partial charge in [-0.2, -0.15) is 0 Å². The van der Waals surface area contributed by atoms with Gasteiger partial charge >= 0.3 is 5.97 Å². The highest BCUT2D eigenvalue weighted by molar-refractivity contribution is 5.75. The molecule has 0 spiro atoms. The zero-order valence-corrected chi connectivity index (χ0v) is 11.4. The summed E-state index contributed by atoms with van der Waals surface area (Å²) in [5, 5.41) is 0. The maximum Gasteiger partial charge on any atom is 0.322 e. The largest absolute Gasteiger partial charge is 0.468 e. The third kappa shape index (κ3) is 3.78. The van der Waals surface area contributed by atoms with Gasteiger partial charge in [0, 0.05) is 13.1 Å². The summed E-state index contributed by atoms with van der Waals surface area (Å²) in [6.45, 7) is 2.86. The lowest BCUT2D eigenvalue weighted by Crippen LogP contribution is -2.47. The van der Waals surface area contributed by atoms with Crippen LogP contribution in [0.4, 0.5) is 0 Å².